The van der Waals surface area contributed by atoms with Gasteiger partial charge in [0, 0.05) is 24.8 Å². The molecule has 1 heterocycles. The third-order valence-corrected chi connectivity index (χ3v) is 5.03. The van der Waals surface area contributed by atoms with Crippen molar-refractivity contribution in [1.82, 2.24) is 4.90 Å². The minimum Gasteiger partial charge on any atom is -0.504 e. The van der Waals surface area contributed by atoms with Gasteiger partial charge >= 0.3 is 0 Å². The second-order valence-corrected chi connectivity index (χ2v) is 7.02. The number of piperidine rings is 1. The van der Waals surface area contributed by atoms with E-state index in [4.69, 9.17) is 4.74 Å². The molecular formula is C21H28N2O2. The number of benzene rings is 2. The lowest BCUT2D eigenvalue weighted by Crippen LogP contribution is -2.41. The van der Waals surface area contributed by atoms with Crippen LogP contribution < -0.4 is 10.1 Å². The first-order chi connectivity index (χ1) is 12.0. The molecule has 1 aliphatic heterocycles. The number of ether oxygens (including phenoxy) is 1. The number of aryl methyl sites for hydroxylation is 2. The van der Waals surface area contributed by atoms with Gasteiger partial charge in [0.2, 0.25) is 0 Å². The fourth-order valence-corrected chi connectivity index (χ4v) is 3.48. The molecule has 1 saturated heterocycles. The fraction of sp³-hybridized carbons (Fsp3) is 0.429. The third-order valence-electron chi connectivity index (χ3n) is 5.03. The van der Waals surface area contributed by atoms with Crippen LogP contribution in [0.15, 0.2) is 36.4 Å². The van der Waals surface area contributed by atoms with Gasteiger partial charge in [0.25, 0.3) is 0 Å². The largest absolute Gasteiger partial charge is 0.504 e. The maximum atomic E-state index is 9.96. The van der Waals surface area contributed by atoms with Gasteiger partial charge < -0.3 is 15.2 Å². The Kier molecular flexibility index (Phi) is 5.49. The predicted octanol–water partition coefficient (Wildman–Crippen LogP) is 4.09. The maximum absolute atomic E-state index is 9.96. The van der Waals surface area contributed by atoms with Gasteiger partial charge in [-0.1, -0.05) is 12.1 Å². The summed E-state index contributed by atoms with van der Waals surface area (Å²) in [6.45, 7) is 7.26. The molecule has 4 heteroatoms. The van der Waals surface area contributed by atoms with Crippen LogP contribution in [-0.2, 0) is 6.54 Å². The van der Waals surface area contributed by atoms with E-state index >= 15 is 0 Å². The SMILES string of the molecule is COc1ccc(CN2CCC[C@@H](Nc3ccc(C)c(C)c3)C2)cc1O. The highest BCUT2D eigenvalue weighted by Crippen LogP contribution is 2.27. The van der Waals surface area contributed by atoms with Crippen LogP contribution in [0.4, 0.5) is 5.69 Å². The molecule has 2 N–H and O–H groups in total. The molecule has 25 heavy (non-hydrogen) atoms. The molecule has 0 aromatic heterocycles. The number of hydrogen-bond donors (Lipinski definition) is 2. The number of hydrogen-bond acceptors (Lipinski definition) is 4. The average molecular weight is 340 g/mol. The van der Waals surface area contributed by atoms with E-state index in [-0.39, 0.29) is 5.75 Å². The summed E-state index contributed by atoms with van der Waals surface area (Å²) in [5.74, 6) is 0.735. The van der Waals surface area contributed by atoms with Crippen LogP contribution in [-0.4, -0.2) is 36.2 Å². The van der Waals surface area contributed by atoms with Gasteiger partial charge in [-0.2, -0.15) is 0 Å². The average Bonchev–Trinajstić information content (AvgIpc) is 2.59. The molecule has 4 nitrogen and oxygen atoms in total. The van der Waals surface area contributed by atoms with Crippen LogP contribution in [0.3, 0.4) is 0 Å². The van der Waals surface area contributed by atoms with Crippen molar-refractivity contribution in [3.05, 3.63) is 53.1 Å². The summed E-state index contributed by atoms with van der Waals surface area (Å²) in [5, 5.41) is 13.6. The van der Waals surface area contributed by atoms with Crippen molar-refractivity contribution in [2.24, 2.45) is 0 Å². The summed E-state index contributed by atoms with van der Waals surface area (Å²) in [7, 11) is 1.57. The van der Waals surface area contributed by atoms with Crippen molar-refractivity contribution >= 4 is 5.69 Å². The first-order valence-corrected chi connectivity index (χ1v) is 8.97. The third kappa shape index (κ3) is 4.45. The Balaban J connectivity index is 1.61. The van der Waals surface area contributed by atoms with Crippen molar-refractivity contribution in [2.75, 3.05) is 25.5 Å². The molecule has 0 radical (unpaired) electrons. The fourth-order valence-electron chi connectivity index (χ4n) is 3.48. The lowest BCUT2D eigenvalue weighted by molar-refractivity contribution is 0.208. The Bertz CT molecular complexity index is 730. The molecular weight excluding hydrogens is 312 g/mol. The van der Waals surface area contributed by atoms with E-state index in [9.17, 15) is 5.11 Å². The Morgan fingerprint density at radius 3 is 2.72 bits per heavy atom. The van der Waals surface area contributed by atoms with Crippen molar-refractivity contribution in [1.29, 1.82) is 0 Å². The molecule has 0 bridgehead atoms. The summed E-state index contributed by atoms with van der Waals surface area (Å²) >= 11 is 0. The van der Waals surface area contributed by atoms with Gasteiger partial charge in [-0.05, 0) is 74.2 Å². The van der Waals surface area contributed by atoms with Crippen molar-refractivity contribution < 1.29 is 9.84 Å². The quantitative estimate of drug-likeness (QED) is 0.860. The number of nitrogens with one attached hydrogen (secondary N) is 1. The van der Waals surface area contributed by atoms with Crippen molar-refractivity contribution in [2.45, 2.75) is 39.3 Å². The number of methoxy groups -OCH3 is 1. The summed E-state index contributed by atoms with van der Waals surface area (Å²) in [5.41, 5.74) is 4.98. The highest BCUT2D eigenvalue weighted by Gasteiger charge is 2.20. The Hall–Kier alpha value is -2.20. The van der Waals surface area contributed by atoms with E-state index in [0.29, 0.717) is 11.8 Å². The number of phenolic OH excluding ortho intramolecular Hbond substituents is 1. The monoisotopic (exact) mass is 340 g/mol. The van der Waals surface area contributed by atoms with Crippen LogP contribution in [0.2, 0.25) is 0 Å². The van der Waals surface area contributed by atoms with Crippen LogP contribution in [0.5, 0.6) is 11.5 Å². The molecule has 0 saturated carbocycles. The van der Waals surface area contributed by atoms with Gasteiger partial charge in [0.05, 0.1) is 7.11 Å². The lowest BCUT2D eigenvalue weighted by atomic mass is 10.0. The molecule has 0 amide bonds. The van der Waals surface area contributed by atoms with Gasteiger partial charge in [-0.25, -0.2) is 0 Å². The highest BCUT2D eigenvalue weighted by molar-refractivity contribution is 5.49. The van der Waals surface area contributed by atoms with E-state index in [2.05, 4.69) is 42.3 Å². The summed E-state index contributed by atoms with van der Waals surface area (Å²) < 4.78 is 5.12. The topological polar surface area (TPSA) is 44.7 Å². The van der Waals surface area contributed by atoms with E-state index in [0.717, 1.165) is 25.2 Å². The van der Waals surface area contributed by atoms with Crippen LogP contribution in [0, 0.1) is 13.8 Å². The molecule has 2 aromatic carbocycles. The van der Waals surface area contributed by atoms with Crippen molar-refractivity contribution in [3.8, 4) is 11.5 Å². The molecule has 0 aliphatic carbocycles. The van der Waals surface area contributed by atoms with Crippen LogP contribution in [0.25, 0.3) is 0 Å². The minimum atomic E-state index is 0.210. The van der Waals surface area contributed by atoms with Gasteiger partial charge in [0.1, 0.15) is 0 Å². The summed E-state index contributed by atoms with van der Waals surface area (Å²) in [6.07, 6.45) is 2.38. The zero-order valence-corrected chi connectivity index (χ0v) is 15.4. The second kappa shape index (κ2) is 7.79. The Labute approximate surface area is 150 Å². The van der Waals surface area contributed by atoms with Gasteiger partial charge in [0.15, 0.2) is 11.5 Å². The number of phenols is 1. The number of anilines is 1. The van der Waals surface area contributed by atoms with Crippen LogP contribution >= 0.6 is 0 Å². The molecule has 0 unspecified atom stereocenters. The van der Waals surface area contributed by atoms with Crippen molar-refractivity contribution in [3.63, 3.8) is 0 Å². The predicted molar refractivity (Wildman–Crippen MR) is 102 cm³/mol. The summed E-state index contributed by atoms with van der Waals surface area (Å²) in [4.78, 5) is 2.45. The molecule has 1 fully saturated rings. The Morgan fingerprint density at radius 2 is 2.00 bits per heavy atom. The summed E-state index contributed by atoms with van der Waals surface area (Å²) in [6, 6.07) is 12.7. The zero-order chi connectivity index (χ0) is 17.8. The van der Waals surface area contributed by atoms with Gasteiger partial charge in [-0.3, -0.25) is 4.90 Å². The standard InChI is InChI=1S/C21H28N2O2/c1-15-6-8-18(11-16(15)2)22-19-5-4-10-23(14-19)13-17-7-9-21(25-3)20(24)12-17/h6-9,11-12,19,22,24H,4-5,10,13-14H2,1-3H3/t19-/m1/s1. The lowest BCUT2D eigenvalue weighted by Gasteiger charge is -2.34. The minimum absolute atomic E-state index is 0.210. The van der Waals surface area contributed by atoms with E-state index in [1.165, 1.54) is 29.7 Å². The maximum Gasteiger partial charge on any atom is 0.160 e. The first-order valence-electron chi connectivity index (χ1n) is 8.97. The second-order valence-electron chi connectivity index (χ2n) is 7.02. The molecule has 3 rings (SSSR count). The normalized spacial score (nSPS) is 18.1. The molecule has 134 valence electrons. The number of aromatic hydroxyl groups is 1. The smallest absolute Gasteiger partial charge is 0.160 e. The number of nitrogens with zero attached hydrogens (tertiary/aromatic N) is 1. The molecule has 1 atom stereocenters. The molecule has 2 aromatic rings. The van der Waals surface area contributed by atoms with Gasteiger partial charge in [-0.15, -0.1) is 0 Å². The first kappa shape index (κ1) is 17.6. The number of likely N-dealkylation sites (tertiary alicyclic amines) is 1. The molecule has 0 spiro atoms. The number of rotatable bonds is 5. The van der Waals surface area contributed by atoms with E-state index < -0.39 is 0 Å². The zero-order valence-electron chi connectivity index (χ0n) is 15.4. The highest BCUT2D eigenvalue weighted by atomic mass is 16.5. The Morgan fingerprint density at radius 1 is 1.16 bits per heavy atom. The van der Waals surface area contributed by atoms with E-state index in [1.807, 2.05) is 12.1 Å². The molecule has 1 aliphatic rings. The van der Waals surface area contributed by atoms with E-state index in [1.54, 1.807) is 13.2 Å². The van der Waals surface area contributed by atoms with Crippen LogP contribution in [0.1, 0.15) is 29.5 Å².